The summed E-state index contributed by atoms with van der Waals surface area (Å²) in [7, 11) is 1.84. The van der Waals surface area contributed by atoms with Crippen LogP contribution in [0.2, 0.25) is 0 Å². The molecule has 1 unspecified atom stereocenters. The molecule has 0 aliphatic heterocycles. The summed E-state index contributed by atoms with van der Waals surface area (Å²) >= 11 is 3.52. The van der Waals surface area contributed by atoms with Crippen LogP contribution in [0.1, 0.15) is 29.7 Å². The van der Waals surface area contributed by atoms with E-state index in [2.05, 4.69) is 21.2 Å². The molecule has 0 amide bonds. The molecule has 2 rings (SSSR count). The van der Waals surface area contributed by atoms with Crippen LogP contribution < -0.4 is 10.1 Å². The highest BCUT2D eigenvalue weighted by atomic mass is 79.9. The normalized spacial score (nSPS) is 12.3. The third-order valence-corrected chi connectivity index (χ3v) is 4.78. The Bertz CT molecular complexity index is 634. The summed E-state index contributed by atoms with van der Waals surface area (Å²) in [6.45, 7) is 5.95. The SMILES string of the molecule is CNC(C)c1cccc(F)c1Oc1cc(C)c(Br)c(C)c1. The molecule has 0 saturated carbocycles. The van der Waals surface area contributed by atoms with Crippen LogP contribution in [0.25, 0.3) is 0 Å². The molecule has 0 saturated heterocycles. The second-order valence-electron chi connectivity index (χ2n) is 5.14. The van der Waals surface area contributed by atoms with Crippen LogP contribution in [-0.2, 0) is 0 Å². The van der Waals surface area contributed by atoms with Crippen molar-refractivity contribution in [2.75, 3.05) is 7.05 Å². The molecule has 1 atom stereocenters. The van der Waals surface area contributed by atoms with Crippen molar-refractivity contribution < 1.29 is 9.13 Å². The predicted octanol–water partition coefficient (Wildman–Crippen LogP) is 5.28. The zero-order chi connectivity index (χ0) is 15.6. The number of para-hydroxylation sites is 1. The van der Waals surface area contributed by atoms with Gasteiger partial charge in [-0.3, -0.25) is 0 Å². The van der Waals surface area contributed by atoms with E-state index < -0.39 is 0 Å². The van der Waals surface area contributed by atoms with Gasteiger partial charge < -0.3 is 10.1 Å². The summed E-state index contributed by atoms with van der Waals surface area (Å²) in [5.41, 5.74) is 2.92. The van der Waals surface area contributed by atoms with Gasteiger partial charge in [-0.1, -0.05) is 28.1 Å². The van der Waals surface area contributed by atoms with Gasteiger partial charge in [-0.2, -0.15) is 0 Å². The zero-order valence-corrected chi connectivity index (χ0v) is 14.2. The lowest BCUT2D eigenvalue weighted by Crippen LogP contribution is -2.13. The minimum absolute atomic E-state index is 0.00772. The maximum absolute atomic E-state index is 14.2. The Morgan fingerprint density at radius 3 is 2.38 bits per heavy atom. The van der Waals surface area contributed by atoms with Gasteiger partial charge in [0.2, 0.25) is 0 Å². The van der Waals surface area contributed by atoms with E-state index in [1.807, 2.05) is 46.0 Å². The number of aryl methyl sites for hydroxylation is 2. The van der Waals surface area contributed by atoms with E-state index in [1.165, 1.54) is 6.07 Å². The third kappa shape index (κ3) is 3.44. The minimum Gasteiger partial charge on any atom is -0.454 e. The third-order valence-electron chi connectivity index (χ3n) is 3.53. The molecular formula is C17H19BrFNO. The molecule has 0 fully saturated rings. The second-order valence-corrected chi connectivity index (χ2v) is 5.93. The van der Waals surface area contributed by atoms with Gasteiger partial charge in [0, 0.05) is 16.1 Å². The fourth-order valence-electron chi connectivity index (χ4n) is 2.21. The van der Waals surface area contributed by atoms with E-state index in [0.717, 1.165) is 21.2 Å². The molecule has 21 heavy (non-hydrogen) atoms. The Morgan fingerprint density at radius 2 is 1.81 bits per heavy atom. The van der Waals surface area contributed by atoms with Gasteiger partial charge in [0.05, 0.1) is 0 Å². The summed E-state index contributed by atoms with van der Waals surface area (Å²) in [6.07, 6.45) is 0. The monoisotopic (exact) mass is 351 g/mol. The maximum Gasteiger partial charge on any atom is 0.167 e. The van der Waals surface area contributed by atoms with Gasteiger partial charge in [-0.15, -0.1) is 0 Å². The highest BCUT2D eigenvalue weighted by molar-refractivity contribution is 9.10. The lowest BCUT2D eigenvalue weighted by molar-refractivity contribution is 0.428. The second kappa shape index (κ2) is 6.58. The molecular weight excluding hydrogens is 333 g/mol. The minimum atomic E-state index is -0.354. The molecule has 0 bridgehead atoms. The van der Waals surface area contributed by atoms with Crippen molar-refractivity contribution in [3.8, 4) is 11.5 Å². The number of halogens is 2. The van der Waals surface area contributed by atoms with Crippen LogP contribution in [0.3, 0.4) is 0 Å². The lowest BCUT2D eigenvalue weighted by atomic mass is 10.1. The van der Waals surface area contributed by atoms with Crippen molar-refractivity contribution in [3.05, 3.63) is 57.3 Å². The smallest absolute Gasteiger partial charge is 0.167 e. The molecule has 1 N–H and O–H groups in total. The molecule has 2 aromatic carbocycles. The van der Waals surface area contributed by atoms with Gasteiger partial charge in [0.25, 0.3) is 0 Å². The number of nitrogens with one attached hydrogen (secondary N) is 1. The van der Waals surface area contributed by atoms with Crippen LogP contribution in [0.4, 0.5) is 4.39 Å². The van der Waals surface area contributed by atoms with Crippen molar-refractivity contribution in [3.63, 3.8) is 0 Å². The molecule has 112 valence electrons. The Morgan fingerprint density at radius 1 is 1.19 bits per heavy atom. The van der Waals surface area contributed by atoms with Crippen LogP contribution >= 0.6 is 15.9 Å². The first-order valence-electron chi connectivity index (χ1n) is 6.84. The molecule has 0 aliphatic rings. The van der Waals surface area contributed by atoms with Gasteiger partial charge in [-0.25, -0.2) is 4.39 Å². The molecule has 2 aromatic rings. The molecule has 0 radical (unpaired) electrons. The molecule has 2 nitrogen and oxygen atoms in total. The van der Waals surface area contributed by atoms with Gasteiger partial charge >= 0.3 is 0 Å². The summed E-state index contributed by atoms with van der Waals surface area (Å²) in [5.74, 6) is 0.566. The fraction of sp³-hybridized carbons (Fsp3) is 0.294. The fourth-order valence-corrected chi connectivity index (χ4v) is 2.44. The first kappa shape index (κ1) is 16.0. The first-order chi connectivity index (χ1) is 9.93. The summed E-state index contributed by atoms with van der Waals surface area (Å²) in [4.78, 5) is 0. The molecule has 0 aromatic heterocycles. The van der Waals surface area contributed by atoms with E-state index in [0.29, 0.717) is 5.75 Å². The van der Waals surface area contributed by atoms with Crippen molar-refractivity contribution in [2.45, 2.75) is 26.8 Å². The average molecular weight is 352 g/mol. The van der Waals surface area contributed by atoms with Crippen LogP contribution in [0.15, 0.2) is 34.8 Å². The topological polar surface area (TPSA) is 21.3 Å². The number of hydrogen-bond donors (Lipinski definition) is 1. The largest absolute Gasteiger partial charge is 0.454 e. The van der Waals surface area contributed by atoms with E-state index in [4.69, 9.17) is 4.74 Å². The van der Waals surface area contributed by atoms with Crippen LogP contribution in [0.5, 0.6) is 11.5 Å². The Balaban J connectivity index is 2.44. The van der Waals surface area contributed by atoms with E-state index >= 15 is 0 Å². The van der Waals surface area contributed by atoms with E-state index in [1.54, 1.807) is 6.07 Å². The Labute approximate surface area is 133 Å². The Kier molecular flexibility index (Phi) is 5.01. The zero-order valence-electron chi connectivity index (χ0n) is 12.6. The standard InChI is InChI=1S/C17H19BrFNO/c1-10-8-13(9-11(2)16(10)18)21-17-14(12(3)20-4)6-5-7-15(17)19/h5-9,12,20H,1-4H3. The average Bonchev–Trinajstić information content (AvgIpc) is 2.46. The predicted molar refractivity (Wildman–Crippen MR) is 87.6 cm³/mol. The molecule has 0 heterocycles. The van der Waals surface area contributed by atoms with E-state index in [-0.39, 0.29) is 17.6 Å². The lowest BCUT2D eigenvalue weighted by Gasteiger charge is -2.17. The summed E-state index contributed by atoms with van der Waals surface area (Å²) < 4.78 is 21.0. The number of benzene rings is 2. The molecule has 4 heteroatoms. The highest BCUT2D eigenvalue weighted by Crippen LogP contribution is 2.34. The number of hydrogen-bond acceptors (Lipinski definition) is 2. The summed E-state index contributed by atoms with van der Waals surface area (Å²) in [6, 6.07) is 8.80. The summed E-state index contributed by atoms with van der Waals surface area (Å²) in [5, 5.41) is 3.11. The van der Waals surface area contributed by atoms with Crippen molar-refractivity contribution in [1.82, 2.24) is 5.32 Å². The van der Waals surface area contributed by atoms with Crippen LogP contribution in [0, 0.1) is 19.7 Å². The van der Waals surface area contributed by atoms with Gasteiger partial charge in [0.15, 0.2) is 11.6 Å². The quantitative estimate of drug-likeness (QED) is 0.809. The maximum atomic E-state index is 14.2. The Hall–Kier alpha value is -1.39. The van der Waals surface area contributed by atoms with Gasteiger partial charge in [-0.05, 0) is 57.1 Å². The van der Waals surface area contributed by atoms with Gasteiger partial charge in [0.1, 0.15) is 5.75 Å². The number of ether oxygens (including phenoxy) is 1. The van der Waals surface area contributed by atoms with Crippen molar-refractivity contribution in [2.24, 2.45) is 0 Å². The number of rotatable bonds is 4. The first-order valence-corrected chi connectivity index (χ1v) is 7.63. The van der Waals surface area contributed by atoms with Crippen molar-refractivity contribution in [1.29, 1.82) is 0 Å². The molecule has 0 aliphatic carbocycles. The van der Waals surface area contributed by atoms with Crippen molar-refractivity contribution >= 4 is 15.9 Å². The molecule has 0 spiro atoms. The highest BCUT2D eigenvalue weighted by Gasteiger charge is 2.16. The van der Waals surface area contributed by atoms with Crippen LogP contribution in [-0.4, -0.2) is 7.05 Å². The van der Waals surface area contributed by atoms with E-state index in [9.17, 15) is 4.39 Å².